The van der Waals surface area contributed by atoms with Gasteiger partial charge in [-0.05, 0) is 24.7 Å². The fraction of sp³-hybridized carbons (Fsp3) is 0.947. The summed E-state index contributed by atoms with van der Waals surface area (Å²) < 4.78 is 0. The first-order valence-electron chi connectivity index (χ1n) is 9.19. The van der Waals surface area contributed by atoms with E-state index in [0.717, 1.165) is 5.92 Å². The normalized spacial score (nSPS) is 18.9. The van der Waals surface area contributed by atoms with Gasteiger partial charge in [-0.2, -0.15) is 0 Å². The monoisotopic (exact) mass is 265 g/mol. The molecular formula is C19H37. The van der Waals surface area contributed by atoms with Gasteiger partial charge in [0.2, 0.25) is 0 Å². The van der Waals surface area contributed by atoms with E-state index in [0.29, 0.717) is 0 Å². The van der Waals surface area contributed by atoms with Crippen molar-refractivity contribution in [3.8, 4) is 0 Å². The van der Waals surface area contributed by atoms with Crippen molar-refractivity contribution in [1.82, 2.24) is 0 Å². The molecule has 0 aromatic carbocycles. The highest BCUT2D eigenvalue weighted by Crippen LogP contribution is 2.44. The second kappa shape index (κ2) is 11.8. The zero-order valence-corrected chi connectivity index (χ0v) is 13.7. The molecule has 0 heterocycles. The molecule has 1 fully saturated rings. The maximum Gasteiger partial charge on any atom is -0.0210 e. The minimum Gasteiger partial charge on any atom is -0.0654 e. The van der Waals surface area contributed by atoms with Crippen molar-refractivity contribution < 1.29 is 0 Å². The molecule has 0 nitrogen and oxygen atoms in total. The Morgan fingerprint density at radius 3 is 1.42 bits per heavy atom. The van der Waals surface area contributed by atoms with Crippen LogP contribution in [0.25, 0.3) is 0 Å². The van der Waals surface area contributed by atoms with Gasteiger partial charge in [-0.15, -0.1) is 0 Å². The van der Waals surface area contributed by atoms with Crippen LogP contribution in [0.3, 0.4) is 0 Å². The number of hydrogen-bond acceptors (Lipinski definition) is 0. The van der Waals surface area contributed by atoms with Crippen LogP contribution in [0.1, 0.15) is 110 Å². The Labute approximate surface area is 122 Å². The largest absolute Gasteiger partial charge is 0.0654 e. The predicted octanol–water partition coefficient (Wildman–Crippen LogP) is 7.08. The van der Waals surface area contributed by atoms with Crippen LogP contribution in [0.4, 0.5) is 0 Å². The quantitative estimate of drug-likeness (QED) is 0.294. The van der Waals surface area contributed by atoms with Gasteiger partial charge >= 0.3 is 0 Å². The van der Waals surface area contributed by atoms with E-state index in [1.807, 2.05) is 5.92 Å². The van der Waals surface area contributed by atoms with Crippen molar-refractivity contribution in [2.45, 2.75) is 110 Å². The van der Waals surface area contributed by atoms with E-state index in [-0.39, 0.29) is 0 Å². The van der Waals surface area contributed by atoms with Crippen LogP contribution in [-0.4, -0.2) is 0 Å². The Morgan fingerprint density at radius 2 is 1.05 bits per heavy atom. The summed E-state index contributed by atoms with van der Waals surface area (Å²) in [6.45, 7) is 4.67. The van der Waals surface area contributed by atoms with E-state index < -0.39 is 0 Å². The first-order chi connectivity index (χ1) is 9.34. The molecular weight excluding hydrogens is 228 g/mol. The van der Waals surface area contributed by atoms with E-state index in [1.54, 1.807) is 0 Å². The van der Waals surface area contributed by atoms with Crippen LogP contribution in [-0.2, 0) is 0 Å². The number of unbranched alkanes of at least 4 members (excludes halogenated alkanes) is 12. The van der Waals surface area contributed by atoms with E-state index in [9.17, 15) is 0 Å². The first-order valence-corrected chi connectivity index (χ1v) is 9.19. The molecule has 1 radical (unpaired) electrons. The molecule has 0 bridgehead atoms. The van der Waals surface area contributed by atoms with Crippen molar-refractivity contribution in [3.05, 3.63) is 5.92 Å². The second-order valence-electron chi connectivity index (χ2n) is 6.76. The summed E-state index contributed by atoms with van der Waals surface area (Å²) in [4.78, 5) is 0. The third kappa shape index (κ3) is 10.4. The Balaban J connectivity index is 1.63. The third-order valence-electron chi connectivity index (χ3n) is 4.71. The smallest absolute Gasteiger partial charge is 0.0210 e. The van der Waals surface area contributed by atoms with Crippen LogP contribution in [0.5, 0.6) is 0 Å². The lowest BCUT2D eigenvalue weighted by Crippen LogP contribution is -1.83. The van der Waals surface area contributed by atoms with Gasteiger partial charge in [0.1, 0.15) is 0 Å². The summed E-state index contributed by atoms with van der Waals surface area (Å²) in [5, 5.41) is 0. The minimum atomic E-state index is 0.984. The summed E-state index contributed by atoms with van der Waals surface area (Å²) in [6.07, 6.45) is 22.0. The topological polar surface area (TPSA) is 0 Å². The molecule has 0 N–H and O–H groups in total. The molecule has 113 valence electrons. The van der Waals surface area contributed by atoms with Gasteiger partial charge in [0.25, 0.3) is 0 Å². The summed E-state index contributed by atoms with van der Waals surface area (Å²) in [6, 6.07) is 0. The van der Waals surface area contributed by atoms with Crippen LogP contribution in [0.2, 0.25) is 0 Å². The standard InChI is InChI=1S/C19H37/c1-3-4-5-6-7-8-9-10-11-12-13-14-15-16-19-17-18(19)2/h18H,3-17H2,1-2H3. The third-order valence-corrected chi connectivity index (χ3v) is 4.71. The summed E-state index contributed by atoms with van der Waals surface area (Å²) >= 11 is 0. The average molecular weight is 266 g/mol. The molecule has 1 rings (SSSR count). The molecule has 1 saturated carbocycles. The van der Waals surface area contributed by atoms with Gasteiger partial charge < -0.3 is 0 Å². The Bertz CT molecular complexity index is 184. The van der Waals surface area contributed by atoms with Crippen LogP contribution in [0.15, 0.2) is 0 Å². The van der Waals surface area contributed by atoms with Crippen molar-refractivity contribution in [2.24, 2.45) is 5.92 Å². The minimum absolute atomic E-state index is 0.984. The van der Waals surface area contributed by atoms with Gasteiger partial charge in [0.15, 0.2) is 0 Å². The lowest BCUT2D eigenvalue weighted by Gasteiger charge is -2.03. The first kappa shape index (κ1) is 17.1. The second-order valence-corrected chi connectivity index (χ2v) is 6.76. The van der Waals surface area contributed by atoms with E-state index >= 15 is 0 Å². The maximum absolute atomic E-state index is 2.37. The molecule has 19 heavy (non-hydrogen) atoms. The van der Waals surface area contributed by atoms with Gasteiger partial charge in [-0.3, -0.25) is 0 Å². The average Bonchev–Trinajstić information content (AvgIpc) is 3.11. The Kier molecular flexibility index (Phi) is 10.6. The van der Waals surface area contributed by atoms with Crippen LogP contribution in [0, 0.1) is 11.8 Å². The van der Waals surface area contributed by atoms with Crippen molar-refractivity contribution in [2.75, 3.05) is 0 Å². The molecule has 0 spiro atoms. The highest BCUT2D eigenvalue weighted by atomic mass is 14.4. The van der Waals surface area contributed by atoms with E-state index in [4.69, 9.17) is 0 Å². The molecule has 1 aliphatic carbocycles. The molecule has 0 heteroatoms. The molecule has 0 aliphatic heterocycles. The molecule has 1 unspecified atom stereocenters. The van der Waals surface area contributed by atoms with Gasteiger partial charge in [-0.25, -0.2) is 0 Å². The van der Waals surface area contributed by atoms with E-state index in [1.165, 1.54) is 96.3 Å². The highest BCUT2D eigenvalue weighted by molar-refractivity contribution is 5.11. The number of rotatable bonds is 14. The lowest BCUT2D eigenvalue weighted by atomic mass is 10.0. The summed E-state index contributed by atoms with van der Waals surface area (Å²) in [5.41, 5.74) is 0. The molecule has 0 amide bonds. The fourth-order valence-electron chi connectivity index (χ4n) is 3.05. The molecule has 1 atom stereocenters. The van der Waals surface area contributed by atoms with Crippen molar-refractivity contribution >= 4 is 0 Å². The fourth-order valence-corrected chi connectivity index (χ4v) is 3.05. The Hall–Kier alpha value is 0. The summed E-state index contributed by atoms with van der Waals surface area (Å²) in [7, 11) is 0. The molecule has 0 aromatic heterocycles. The molecule has 0 aromatic rings. The van der Waals surface area contributed by atoms with Gasteiger partial charge in [0.05, 0.1) is 0 Å². The van der Waals surface area contributed by atoms with E-state index in [2.05, 4.69) is 13.8 Å². The van der Waals surface area contributed by atoms with Crippen LogP contribution < -0.4 is 0 Å². The highest BCUT2D eigenvalue weighted by Gasteiger charge is 2.31. The number of hydrogen-bond donors (Lipinski definition) is 0. The summed E-state index contributed by atoms with van der Waals surface area (Å²) in [5.74, 6) is 2.83. The predicted molar refractivity (Wildman–Crippen MR) is 87.3 cm³/mol. The van der Waals surface area contributed by atoms with Crippen LogP contribution >= 0.6 is 0 Å². The zero-order valence-electron chi connectivity index (χ0n) is 13.7. The van der Waals surface area contributed by atoms with Gasteiger partial charge in [0, 0.05) is 0 Å². The van der Waals surface area contributed by atoms with Crippen molar-refractivity contribution in [3.63, 3.8) is 0 Å². The molecule has 0 saturated heterocycles. The SMILES string of the molecule is CCCCCCCCCCCCCCC[C]1CC1C. The molecule has 1 aliphatic rings. The van der Waals surface area contributed by atoms with Gasteiger partial charge in [-0.1, -0.05) is 97.3 Å². The lowest BCUT2D eigenvalue weighted by molar-refractivity contribution is 0.538. The maximum atomic E-state index is 2.37. The Morgan fingerprint density at radius 1 is 0.684 bits per heavy atom. The van der Waals surface area contributed by atoms with Crippen molar-refractivity contribution in [1.29, 1.82) is 0 Å². The zero-order chi connectivity index (χ0) is 13.8.